The van der Waals surface area contributed by atoms with Gasteiger partial charge in [0.15, 0.2) is 0 Å². The highest BCUT2D eigenvalue weighted by molar-refractivity contribution is 5.69. The minimum absolute atomic E-state index is 0.0821. The van der Waals surface area contributed by atoms with Gasteiger partial charge >= 0.3 is 6.18 Å². The number of nitrogens with zero attached hydrogens (tertiary/aromatic N) is 4. The van der Waals surface area contributed by atoms with E-state index in [1.54, 1.807) is 6.92 Å². The summed E-state index contributed by atoms with van der Waals surface area (Å²) in [6.07, 6.45) is -2.31. The lowest BCUT2D eigenvalue weighted by Gasteiger charge is -2.30. The van der Waals surface area contributed by atoms with E-state index in [-0.39, 0.29) is 11.8 Å². The Balaban J connectivity index is 1.85. The molecule has 1 aromatic carbocycles. The van der Waals surface area contributed by atoms with E-state index in [9.17, 15) is 13.2 Å². The smallest absolute Gasteiger partial charge is 0.416 e. The Morgan fingerprint density at radius 1 is 1.26 bits per heavy atom. The minimum atomic E-state index is -4.44. The molecular formula is C18H22F3N5O. The van der Waals surface area contributed by atoms with E-state index in [4.69, 9.17) is 4.74 Å². The van der Waals surface area contributed by atoms with E-state index >= 15 is 0 Å². The van der Waals surface area contributed by atoms with Crippen molar-refractivity contribution in [2.24, 2.45) is 0 Å². The molecule has 27 heavy (non-hydrogen) atoms. The van der Waals surface area contributed by atoms with Crippen molar-refractivity contribution in [2.75, 3.05) is 32.6 Å². The number of halogens is 3. The lowest BCUT2D eigenvalue weighted by Crippen LogP contribution is -2.40. The second kappa shape index (κ2) is 7.67. The average Bonchev–Trinajstić information content (AvgIpc) is 2.61. The first-order chi connectivity index (χ1) is 12.8. The summed E-state index contributed by atoms with van der Waals surface area (Å²) in [6.45, 7) is 3.72. The fourth-order valence-corrected chi connectivity index (χ4v) is 3.24. The molecule has 1 N–H and O–H groups in total. The van der Waals surface area contributed by atoms with E-state index in [1.807, 2.05) is 0 Å². The molecule has 1 fully saturated rings. The topological polar surface area (TPSA) is 63.2 Å². The number of likely N-dealkylation sites (tertiary alicyclic amines) is 1. The summed E-state index contributed by atoms with van der Waals surface area (Å²) in [5, 5.41) is 11.6. The summed E-state index contributed by atoms with van der Waals surface area (Å²) in [5.74, 6) is 0.501. The molecule has 0 saturated carbocycles. The van der Waals surface area contributed by atoms with Crippen molar-refractivity contribution < 1.29 is 17.9 Å². The molecule has 0 spiro atoms. The van der Waals surface area contributed by atoms with Gasteiger partial charge in [0.2, 0.25) is 5.95 Å². The van der Waals surface area contributed by atoms with Crippen molar-refractivity contribution in [3.8, 4) is 17.0 Å². The number of hydrogen-bond acceptors (Lipinski definition) is 6. The highest BCUT2D eigenvalue weighted by Gasteiger charge is 2.31. The van der Waals surface area contributed by atoms with Crippen molar-refractivity contribution in [1.29, 1.82) is 0 Å². The Hall–Kier alpha value is -2.42. The van der Waals surface area contributed by atoms with Gasteiger partial charge in [-0.05, 0) is 51.6 Å². The van der Waals surface area contributed by atoms with Gasteiger partial charge in [-0.3, -0.25) is 0 Å². The Morgan fingerprint density at radius 2 is 2.04 bits per heavy atom. The zero-order valence-corrected chi connectivity index (χ0v) is 15.5. The highest BCUT2D eigenvalue weighted by Crippen LogP contribution is 2.37. The van der Waals surface area contributed by atoms with Gasteiger partial charge in [-0.25, -0.2) is 4.98 Å². The summed E-state index contributed by atoms with van der Waals surface area (Å²) >= 11 is 0. The van der Waals surface area contributed by atoms with Crippen LogP contribution in [0.4, 0.5) is 19.1 Å². The first-order valence-corrected chi connectivity index (χ1v) is 8.70. The second-order valence-electron chi connectivity index (χ2n) is 6.73. The van der Waals surface area contributed by atoms with Crippen LogP contribution in [-0.4, -0.2) is 53.4 Å². The van der Waals surface area contributed by atoms with Crippen LogP contribution in [0, 0.1) is 6.92 Å². The summed E-state index contributed by atoms with van der Waals surface area (Å²) in [6, 6.07) is 3.55. The Bertz CT molecular complexity index is 812. The number of methoxy groups -OCH3 is 1. The molecule has 1 aromatic heterocycles. The van der Waals surface area contributed by atoms with Crippen LogP contribution in [0.2, 0.25) is 0 Å². The number of hydrogen-bond donors (Lipinski definition) is 1. The van der Waals surface area contributed by atoms with E-state index in [0.29, 0.717) is 22.9 Å². The van der Waals surface area contributed by atoms with Crippen LogP contribution < -0.4 is 10.1 Å². The van der Waals surface area contributed by atoms with Crippen LogP contribution in [0.3, 0.4) is 0 Å². The normalized spacial score (nSPS) is 18.4. The molecule has 0 radical (unpaired) electrons. The number of benzene rings is 1. The standard InChI is InChI=1S/C18H22F3N5O/c1-11-16(14-7-6-12(18(19,20)21)9-15(14)27-3)24-25-17(22-11)23-13-5-4-8-26(2)10-13/h6-7,9,13H,4-5,8,10H2,1-3H3,(H,22,23,25)/t13-/m1/s1. The van der Waals surface area contributed by atoms with Gasteiger partial charge in [0.25, 0.3) is 0 Å². The maximum absolute atomic E-state index is 12.9. The first kappa shape index (κ1) is 19.3. The van der Waals surface area contributed by atoms with Crippen molar-refractivity contribution >= 4 is 5.95 Å². The molecule has 0 amide bonds. The summed E-state index contributed by atoms with van der Waals surface area (Å²) in [4.78, 5) is 6.67. The fraction of sp³-hybridized carbons (Fsp3) is 0.500. The monoisotopic (exact) mass is 381 g/mol. The van der Waals surface area contributed by atoms with E-state index < -0.39 is 11.7 Å². The van der Waals surface area contributed by atoms with Crippen LogP contribution in [0.5, 0.6) is 5.75 Å². The summed E-state index contributed by atoms with van der Waals surface area (Å²) in [5.41, 5.74) is 0.606. The minimum Gasteiger partial charge on any atom is -0.496 e. The number of likely N-dealkylation sites (N-methyl/N-ethyl adjacent to an activating group) is 1. The molecule has 1 saturated heterocycles. The summed E-state index contributed by atoms with van der Waals surface area (Å²) < 4.78 is 43.9. The van der Waals surface area contributed by atoms with E-state index in [0.717, 1.165) is 38.1 Å². The molecule has 2 aromatic rings. The Labute approximate surface area is 155 Å². The van der Waals surface area contributed by atoms with Gasteiger partial charge in [-0.1, -0.05) is 0 Å². The molecule has 2 heterocycles. The maximum Gasteiger partial charge on any atom is 0.416 e. The van der Waals surface area contributed by atoms with Crippen LogP contribution in [0.1, 0.15) is 24.1 Å². The largest absolute Gasteiger partial charge is 0.496 e. The van der Waals surface area contributed by atoms with Crippen LogP contribution >= 0.6 is 0 Å². The first-order valence-electron chi connectivity index (χ1n) is 8.70. The molecule has 6 nitrogen and oxygen atoms in total. The molecule has 0 bridgehead atoms. The van der Waals surface area contributed by atoms with E-state index in [2.05, 4.69) is 32.4 Å². The zero-order valence-electron chi connectivity index (χ0n) is 15.5. The number of anilines is 1. The maximum atomic E-state index is 12.9. The lowest BCUT2D eigenvalue weighted by atomic mass is 10.1. The molecule has 146 valence electrons. The Kier molecular flexibility index (Phi) is 5.50. The molecular weight excluding hydrogens is 359 g/mol. The molecule has 0 aliphatic carbocycles. The van der Waals surface area contributed by atoms with Crippen LogP contribution in [-0.2, 0) is 6.18 Å². The number of alkyl halides is 3. The quantitative estimate of drug-likeness (QED) is 0.876. The number of ether oxygens (including phenoxy) is 1. The van der Waals surface area contributed by atoms with Gasteiger partial charge in [-0.2, -0.15) is 13.2 Å². The van der Waals surface area contributed by atoms with Crippen molar-refractivity contribution in [3.63, 3.8) is 0 Å². The number of aryl methyl sites for hydroxylation is 1. The average molecular weight is 381 g/mol. The van der Waals surface area contributed by atoms with E-state index in [1.165, 1.54) is 13.2 Å². The zero-order chi connectivity index (χ0) is 19.6. The third kappa shape index (κ3) is 4.47. The number of nitrogens with one attached hydrogen (secondary N) is 1. The SMILES string of the molecule is COc1cc(C(F)(F)F)ccc1-c1nnc(N[C@@H]2CCCN(C)C2)nc1C. The fourth-order valence-electron chi connectivity index (χ4n) is 3.24. The van der Waals surface area contributed by atoms with Gasteiger partial charge < -0.3 is 15.0 Å². The van der Waals surface area contributed by atoms with Crippen molar-refractivity contribution in [2.45, 2.75) is 32.0 Å². The van der Waals surface area contributed by atoms with Crippen LogP contribution in [0.25, 0.3) is 11.3 Å². The molecule has 1 aliphatic heterocycles. The van der Waals surface area contributed by atoms with Gasteiger partial charge in [0, 0.05) is 18.2 Å². The number of piperidine rings is 1. The molecule has 1 aliphatic rings. The van der Waals surface area contributed by atoms with Crippen molar-refractivity contribution in [1.82, 2.24) is 20.1 Å². The van der Waals surface area contributed by atoms with Gasteiger partial charge in [0.05, 0.1) is 18.4 Å². The Morgan fingerprint density at radius 3 is 2.67 bits per heavy atom. The summed E-state index contributed by atoms with van der Waals surface area (Å²) in [7, 11) is 3.39. The third-order valence-corrected chi connectivity index (χ3v) is 4.60. The predicted molar refractivity (Wildman–Crippen MR) is 95.7 cm³/mol. The highest BCUT2D eigenvalue weighted by atomic mass is 19.4. The predicted octanol–water partition coefficient (Wildman–Crippen LogP) is 3.38. The third-order valence-electron chi connectivity index (χ3n) is 4.60. The number of aromatic nitrogens is 3. The van der Waals surface area contributed by atoms with Crippen LogP contribution in [0.15, 0.2) is 18.2 Å². The molecule has 9 heteroatoms. The van der Waals surface area contributed by atoms with Gasteiger partial charge in [0.1, 0.15) is 11.4 Å². The molecule has 0 unspecified atom stereocenters. The van der Waals surface area contributed by atoms with Gasteiger partial charge in [-0.15, -0.1) is 10.2 Å². The van der Waals surface area contributed by atoms with Crippen molar-refractivity contribution in [3.05, 3.63) is 29.5 Å². The lowest BCUT2D eigenvalue weighted by molar-refractivity contribution is -0.137. The second-order valence-corrected chi connectivity index (χ2v) is 6.73. The molecule has 3 rings (SSSR count). The number of rotatable bonds is 4. The molecule has 1 atom stereocenters.